The Labute approximate surface area is 66.0 Å². The first-order valence-corrected chi connectivity index (χ1v) is 5.87. The van der Waals surface area contributed by atoms with Crippen LogP contribution in [0.1, 0.15) is 0 Å². The van der Waals surface area contributed by atoms with Gasteiger partial charge >= 0.3 is 0 Å². The van der Waals surface area contributed by atoms with Gasteiger partial charge in [0.25, 0.3) is 0 Å². The van der Waals surface area contributed by atoms with Crippen molar-refractivity contribution in [1.82, 2.24) is 4.98 Å². The van der Waals surface area contributed by atoms with Crippen molar-refractivity contribution in [3.8, 4) is 0 Å². The van der Waals surface area contributed by atoms with Crippen LogP contribution in [0.25, 0.3) is 0 Å². The van der Waals surface area contributed by atoms with E-state index >= 15 is 0 Å². The molecule has 0 unspecified atom stereocenters. The van der Waals surface area contributed by atoms with Crippen molar-refractivity contribution in [3.05, 3.63) is 18.5 Å². The van der Waals surface area contributed by atoms with Gasteiger partial charge < -0.3 is 10.3 Å². The van der Waals surface area contributed by atoms with Crippen molar-refractivity contribution in [3.63, 3.8) is 0 Å². The zero-order valence-electron chi connectivity index (χ0n) is 6.61. The number of anilines is 1. The second-order valence-corrected chi connectivity index (χ2v) is 5.97. The fraction of sp³-hybridized carbons (Fsp3) is 0.286. The minimum absolute atomic E-state index is 0.515. The molecule has 0 radical (unpaired) electrons. The van der Waals surface area contributed by atoms with Gasteiger partial charge in [-0.1, -0.05) is 0 Å². The number of aromatic nitrogens is 1. The SMILES string of the molecule is CP(C)(=O)c1ccncc1N. The van der Waals surface area contributed by atoms with E-state index in [1.54, 1.807) is 25.6 Å². The van der Waals surface area contributed by atoms with Gasteiger partial charge in [0.05, 0.1) is 11.9 Å². The molecule has 0 aromatic carbocycles. The molecule has 4 heteroatoms. The zero-order valence-corrected chi connectivity index (χ0v) is 7.51. The summed E-state index contributed by atoms with van der Waals surface area (Å²) in [7, 11) is -2.22. The fourth-order valence-corrected chi connectivity index (χ4v) is 1.99. The molecule has 2 N–H and O–H groups in total. The molecule has 0 spiro atoms. The highest BCUT2D eigenvalue weighted by atomic mass is 31.2. The topological polar surface area (TPSA) is 56.0 Å². The van der Waals surface area contributed by atoms with Crippen molar-refractivity contribution < 1.29 is 4.57 Å². The van der Waals surface area contributed by atoms with E-state index in [0.29, 0.717) is 11.0 Å². The summed E-state index contributed by atoms with van der Waals surface area (Å²) in [6.45, 7) is 3.39. The molecule has 0 bridgehead atoms. The van der Waals surface area contributed by atoms with Gasteiger partial charge in [-0.2, -0.15) is 0 Å². The van der Waals surface area contributed by atoms with Crippen LogP contribution < -0.4 is 11.0 Å². The Bertz CT molecular complexity index is 305. The Hall–Kier alpha value is -0.820. The van der Waals surface area contributed by atoms with Gasteiger partial charge in [-0.05, 0) is 19.4 Å². The molecule has 60 valence electrons. The van der Waals surface area contributed by atoms with Crippen molar-refractivity contribution in [2.24, 2.45) is 0 Å². The molecule has 1 aromatic heterocycles. The summed E-state index contributed by atoms with van der Waals surface area (Å²) in [6, 6.07) is 1.70. The number of hydrogen-bond acceptors (Lipinski definition) is 3. The molecular formula is C7H11N2OP. The van der Waals surface area contributed by atoms with Crippen molar-refractivity contribution in [2.45, 2.75) is 0 Å². The van der Waals surface area contributed by atoms with Crippen LogP contribution in [-0.4, -0.2) is 18.3 Å². The predicted molar refractivity (Wildman–Crippen MR) is 47.7 cm³/mol. The summed E-state index contributed by atoms with van der Waals surface area (Å²) >= 11 is 0. The molecule has 3 nitrogen and oxygen atoms in total. The third kappa shape index (κ3) is 1.81. The highest BCUT2D eigenvalue weighted by Crippen LogP contribution is 2.36. The van der Waals surface area contributed by atoms with Crippen LogP contribution in [0.4, 0.5) is 5.69 Å². The van der Waals surface area contributed by atoms with Crippen LogP contribution in [-0.2, 0) is 4.57 Å². The monoisotopic (exact) mass is 170 g/mol. The first-order valence-electron chi connectivity index (χ1n) is 3.27. The maximum Gasteiger partial charge on any atom is 0.111 e. The third-order valence-corrected chi connectivity index (χ3v) is 2.98. The van der Waals surface area contributed by atoms with Crippen LogP contribution in [0.2, 0.25) is 0 Å². The maximum absolute atomic E-state index is 11.5. The number of pyridine rings is 1. The minimum Gasteiger partial charge on any atom is -0.397 e. The van der Waals surface area contributed by atoms with E-state index in [1.807, 2.05) is 0 Å². The second-order valence-electron chi connectivity index (χ2n) is 2.79. The summed E-state index contributed by atoms with van der Waals surface area (Å²) in [5.41, 5.74) is 6.09. The first-order chi connectivity index (χ1) is 5.02. The highest BCUT2D eigenvalue weighted by Gasteiger charge is 2.13. The lowest BCUT2D eigenvalue weighted by Gasteiger charge is -2.08. The summed E-state index contributed by atoms with van der Waals surface area (Å²) < 4.78 is 11.5. The summed E-state index contributed by atoms with van der Waals surface area (Å²) in [5, 5.41) is 0.715. The molecule has 0 saturated carbocycles. The molecule has 0 saturated heterocycles. The van der Waals surface area contributed by atoms with E-state index < -0.39 is 7.14 Å². The number of nitrogens with two attached hydrogens (primary N) is 1. The van der Waals surface area contributed by atoms with Crippen molar-refractivity contribution in [2.75, 3.05) is 19.1 Å². The number of nitrogen functional groups attached to an aromatic ring is 1. The Morgan fingerprint density at radius 3 is 2.55 bits per heavy atom. The smallest absolute Gasteiger partial charge is 0.111 e. The van der Waals surface area contributed by atoms with Crippen molar-refractivity contribution >= 4 is 18.1 Å². The van der Waals surface area contributed by atoms with Gasteiger partial charge in [-0.15, -0.1) is 0 Å². The quantitative estimate of drug-likeness (QED) is 0.637. The van der Waals surface area contributed by atoms with Gasteiger partial charge in [0.15, 0.2) is 0 Å². The molecule has 0 aliphatic rings. The molecule has 0 amide bonds. The Morgan fingerprint density at radius 2 is 2.18 bits per heavy atom. The second kappa shape index (κ2) is 2.67. The van der Waals surface area contributed by atoms with E-state index in [9.17, 15) is 4.57 Å². The van der Waals surface area contributed by atoms with Gasteiger partial charge in [-0.25, -0.2) is 0 Å². The van der Waals surface area contributed by atoms with E-state index in [0.717, 1.165) is 0 Å². The maximum atomic E-state index is 11.5. The summed E-state index contributed by atoms with van der Waals surface area (Å²) in [4.78, 5) is 3.81. The third-order valence-electron chi connectivity index (χ3n) is 1.41. The molecular weight excluding hydrogens is 159 g/mol. The minimum atomic E-state index is -2.22. The average Bonchev–Trinajstić information content (AvgIpc) is 1.86. The standard InChI is InChI=1S/C7H11N2OP/c1-11(2,10)7-3-4-9-5-6(7)8/h3-5H,8H2,1-2H3. The van der Waals surface area contributed by atoms with E-state index in [2.05, 4.69) is 4.98 Å². The summed E-state index contributed by atoms with van der Waals surface area (Å²) in [5.74, 6) is 0. The van der Waals surface area contributed by atoms with Gasteiger partial charge in [0, 0.05) is 11.5 Å². The molecule has 1 rings (SSSR count). The van der Waals surface area contributed by atoms with E-state index in [4.69, 9.17) is 5.73 Å². The molecule has 1 aromatic rings. The van der Waals surface area contributed by atoms with Crippen molar-refractivity contribution in [1.29, 1.82) is 0 Å². The van der Waals surface area contributed by atoms with Crippen LogP contribution in [0, 0.1) is 0 Å². The fourth-order valence-electron chi connectivity index (χ4n) is 0.890. The van der Waals surface area contributed by atoms with E-state index in [1.165, 1.54) is 6.20 Å². The largest absolute Gasteiger partial charge is 0.397 e. The number of hydrogen-bond donors (Lipinski definition) is 1. The Balaban J connectivity index is 3.25. The molecule has 1 heterocycles. The van der Waals surface area contributed by atoms with Gasteiger partial charge in [0.1, 0.15) is 7.14 Å². The van der Waals surface area contributed by atoms with Crippen LogP contribution in [0.15, 0.2) is 18.5 Å². The number of nitrogens with zero attached hydrogens (tertiary/aromatic N) is 1. The lowest BCUT2D eigenvalue weighted by atomic mass is 10.4. The zero-order chi connectivity index (χ0) is 8.48. The first kappa shape index (κ1) is 8.28. The lowest BCUT2D eigenvalue weighted by molar-refractivity contribution is 0.588. The van der Waals surface area contributed by atoms with Crippen LogP contribution >= 0.6 is 7.14 Å². The van der Waals surface area contributed by atoms with Crippen LogP contribution in [0.3, 0.4) is 0 Å². The summed E-state index contributed by atoms with van der Waals surface area (Å²) in [6.07, 6.45) is 3.13. The predicted octanol–water partition coefficient (Wildman–Crippen LogP) is 0.912. The molecule has 11 heavy (non-hydrogen) atoms. The van der Waals surface area contributed by atoms with Crippen LogP contribution in [0.5, 0.6) is 0 Å². The molecule has 0 aliphatic heterocycles. The lowest BCUT2D eigenvalue weighted by Crippen LogP contribution is -2.09. The average molecular weight is 170 g/mol. The Kier molecular flexibility index (Phi) is 2.01. The van der Waals surface area contributed by atoms with Gasteiger partial charge in [0.2, 0.25) is 0 Å². The molecule has 0 aliphatic carbocycles. The highest BCUT2D eigenvalue weighted by molar-refractivity contribution is 7.70. The molecule has 0 fully saturated rings. The van der Waals surface area contributed by atoms with E-state index in [-0.39, 0.29) is 0 Å². The molecule has 0 atom stereocenters. The normalized spacial score (nSPS) is 11.5. The van der Waals surface area contributed by atoms with Gasteiger partial charge in [-0.3, -0.25) is 4.98 Å². The Morgan fingerprint density at radius 1 is 1.55 bits per heavy atom. The number of rotatable bonds is 1.